The van der Waals surface area contributed by atoms with Crippen LogP contribution in [0.2, 0.25) is 0 Å². The van der Waals surface area contributed by atoms with Crippen LogP contribution in [0.4, 0.5) is 9.18 Å². The highest BCUT2D eigenvalue weighted by molar-refractivity contribution is 5.94. The number of amides is 2. The second-order valence-corrected chi connectivity index (χ2v) is 7.35. The van der Waals surface area contributed by atoms with Crippen LogP contribution >= 0.6 is 0 Å². The third-order valence-corrected chi connectivity index (χ3v) is 5.55. The zero-order valence-electron chi connectivity index (χ0n) is 16.6. The van der Waals surface area contributed by atoms with Crippen LogP contribution in [0.1, 0.15) is 41.5 Å². The number of fused-ring (bicyclic) bond motifs is 1. The normalized spacial score (nSPS) is 16.5. The summed E-state index contributed by atoms with van der Waals surface area (Å²) in [7, 11) is 0. The number of rotatable bonds is 3. The van der Waals surface area contributed by atoms with Crippen molar-refractivity contribution < 1.29 is 18.7 Å². The van der Waals surface area contributed by atoms with E-state index in [2.05, 4.69) is 5.10 Å². The highest BCUT2D eigenvalue weighted by Gasteiger charge is 2.31. The Labute approximate surface area is 169 Å². The molecule has 154 valence electrons. The van der Waals surface area contributed by atoms with Crippen LogP contribution in [0.3, 0.4) is 0 Å². The molecule has 0 radical (unpaired) electrons. The van der Waals surface area contributed by atoms with Crippen LogP contribution in [-0.4, -0.2) is 64.4 Å². The van der Waals surface area contributed by atoms with Crippen LogP contribution in [0.25, 0.3) is 5.69 Å². The minimum Gasteiger partial charge on any atom is -0.450 e. The Balaban J connectivity index is 1.56. The summed E-state index contributed by atoms with van der Waals surface area (Å²) in [5.74, 6) is -0.405. The molecule has 2 amide bonds. The second kappa shape index (κ2) is 8.23. The molecule has 0 unspecified atom stereocenters. The molecular weight excluding hydrogens is 375 g/mol. The van der Waals surface area contributed by atoms with Crippen molar-refractivity contribution >= 4 is 12.0 Å². The van der Waals surface area contributed by atoms with Gasteiger partial charge < -0.3 is 14.5 Å². The van der Waals surface area contributed by atoms with Crippen LogP contribution in [0, 0.1) is 5.82 Å². The van der Waals surface area contributed by atoms with Gasteiger partial charge in [-0.2, -0.15) is 5.10 Å². The first-order chi connectivity index (χ1) is 14.1. The Morgan fingerprint density at radius 1 is 1.03 bits per heavy atom. The molecule has 7 nitrogen and oxygen atoms in total. The van der Waals surface area contributed by atoms with Crippen LogP contribution in [0.5, 0.6) is 0 Å². The largest absolute Gasteiger partial charge is 0.450 e. The highest BCUT2D eigenvalue weighted by atomic mass is 19.1. The van der Waals surface area contributed by atoms with Gasteiger partial charge in [0, 0.05) is 37.4 Å². The van der Waals surface area contributed by atoms with Crippen LogP contribution < -0.4 is 0 Å². The summed E-state index contributed by atoms with van der Waals surface area (Å²) in [6.07, 6.45) is 3.41. The van der Waals surface area contributed by atoms with Gasteiger partial charge in [-0.15, -0.1) is 0 Å². The van der Waals surface area contributed by atoms with Gasteiger partial charge in [-0.1, -0.05) is 0 Å². The lowest BCUT2D eigenvalue weighted by atomic mass is 9.95. The number of benzene rings is 1. The minimum absolute atomic E-state index is 0.104. The minimum atomic E-state index is -0.336. The van der Waals surface area contributed by atoms with Gasteiger partial charge in [0.25, 0.3) is 5.91 Å². The average Bonchev–Trinajstić information content (AvgIpc) is 3.14. The Morgan fingerprint density at radius 2 is 1.69 bits per heavy atom. The predicted octanol–water partition coefficient (Wildman–Crippen LogP) is 2.80. The molecule has 29 heavy (non-hydrogen) atoms. The van der Waals surface area contributed by atoms with Crippen molar-refractivity contribution in [3.05, 3.63) is 47.0 Å². The molecule has 1 saturated heterocycles. The number of aromatic nitrogens is 2. The van der Waals surface area contributed by atoms with Gasteiger partial charge in [0.1, 0.15) is 5.82 Å². The topological polar surface area (TPSA) is 67.7 Å². The SMILES string of the molecule is CCOC(=O)N1CCN(C(=O)c2nn(-c3ccc(F)cc3)c3c2CCCC3)CC1. The van der Waals surface area contributed by atoms with E-state index in [-0.39, 0.29) is 17.8 Å². The molecule has 1 aliphatic heterocycles. The zero-order chi connectivity index (χ0) is 20.4. The molecule has 8 heteroatoms. The maximum Gasteiger partial charge on any atom is 0.409 e. The first kappa shape index (κ1) is 19.4. The van der Waals surface area contributed by atoms with E-state index in [9.17, 15) is 14.0 Å². The predicted molar refractivity (Wildman–Crippen MR) is 105 cm³/mol. The smallest absolute Gasteiger partial charge is 0.409 e. The summed E-state index contributed by atoms with van der Waals surface area (Å²) in [4.78, 5) is 28.5. The van der Waals surface area contributed by atoms with Gasteiger partial charge in [-0.25, -0.2) is 13.9 Å². The fourth-order valence-electron chi connectivity index (χ4n) is 4.02. The molecule has 2 aromatic rings. The monoisotopic (exact) mass is 400 g/mol. The molecule has 0 saturated carbocycles. The van der Waals surface area contributed by atoms with Crippen molar-refractivity contribution in [3.63, 3.8) is 0 Å². The molecule has 1 aromatic heterocycles. The standard InChI is InChI=1S/C21H25FN4O3/c1-2-29-21(28)25-13-11-24(12-14-25)20(27)19-17-5-3-4-6-18(17)26(23-19)16-9-7-15(22)8-10-16/h7-10H,2-6,11-14H2,1H3. The average molecular weight is 400 g/mol. The molecule has 1 aliphatic carbocycles. The summed E-state index contributed by atoms with van der Waals surface area (Å²) in [6.45, 7) is 3.92. The number of hydrogen-bond donors (Lipinski definition) is 0. The Hall–Kier alpha value is -2.90. The van der Waals surface area contributed by atoms with Crippen molar-refractivity contribution in [1.82, 2.24) is 19.6 Å². The second-order valence-electron chi connectivity index (χ2n) is 7.35. The zero-order valence-corrected chi connectivity index (χ0v) is 16.6. The van der Waals surface area contributed by atoms with Gasteiger partial charge in [0.15, 0.2) is 5.69 Å². The Morgan fingerprint density at radius 3 is 2.38 bits per heavy atom. The van der Waals surface area contributed by atoms with E-state index >= 15 is 0 Å². The first-order valence-electron chi connectivity index (χ1n) is 10.2. The van der Waals surface area contributed by atoms with Gasteiger partial charge >= 0.3 is 6.09 Å². The van der Waals surface area contributed by atoms with Gasteiger partial charge in [-0.3, -0.25) is 4.79 Å². The summed E-state index contributed by atoms with van der Waals surface area (Å²) < 4.78 is 20.2. The lowest BCUT2D eigenvalue weighted by molar-refractivity contribution is 0.0564. The molecular formula is C21H25FN4O3. The van der Waals surface area contributed by atoms with Crippen molar-refractivity contribution in [2.45, 2.75) is 32.6 Å². The molecule has 4 rings (SSSR count). The summed E-state index contributed by atoms with van der Waals surface area (Å²) in [5.41, 5.74) is 3.28. The van der Waals surface area contributed by atoms with E-state index in [1.807, 2.05) is 0 Å². The van der Waals surface area contributed by atoms with Crippen molar-refractivity contribution in [2.75, 3.05) is 32.8 Å². The number of piperazine rings is 1. The molecule has 0 atom stereocenters. The lowest BCUT2D eigenvalue weighted by Gasteiger charge is -2.33. The van der Waals surface area contributed by atoms with Crippen LogP contribution in [-0.2, 0) is 17.6 Å². The van der Waals surface area contributed by atoms with Gasteiger partial charge in [0.2, 0.25) is 0 Å². The van der Waals surface area contributed by atoms with Crippen molar-refractivity contribution in [2.24, 2.45) is 0 Å². The fraction of sp³-hybridized carbons (Fsp3) is 0.476. The Bertz CT molecular complexity index is 901. The van der Waals surface area contributed by atoms with E-state index in [1.165, 1.54) is 12.1 Å². The molecule has 2 heterocycles. The molecule has 1 aromatic carbocycles. The van der Waals surface area contributed by atoms with E-state index in [4.69, 9.17) is 4.74 Å². The Kier molecular flexibility index (Phi) is 5.51. The summed E-state index contributed by atoms with van der Waals surface area (Å²) >= 11 is 0. The van der Waals surface area contributed by atoms with Crippen molar-refractivity contribution in [3.8, 4) is 5.69 Å². The maximum absolute atomic E-state index is 13.3. The first-order valence-corrected chi connectivity index (χ1v) is 10.2. The number of carbonyl (C=O) groups is 2. The van der Waals surface area contributed by atoms with E-state index < -0.39 is 0 Å². The van der Waals surface area contributed by atoms with Crippen molar-refractivity contribution in [1.29, 1.82) is 0 Å². The molecule has 0 bridgehead atoms. The number of ether oxygens (including phenoxy) is 1. The van der Waals surface area contributed by atoms with E-state index in [0.29, 0.717) is 38.5 Å². The lowest BCUT2D eigenvalue weighted by Crippen LogP contribution is -2.51. The number of hydrogen-bond acceptors (Lipinski definition) is 4. The van der Waals surface area contributed by atoms with Gasteiger partial charge in [0.05, 0.1) is 12.3 Å². The highest BCUT2D eigenvalue weighted by Crippen LogP contribution is 2.28. The number of nitrogens with zero attached hydrogens (tertiary/aromatic N) is 4. The molecule has 2 aliphatic rings. The molecule has 0 spiro atoms. The number of halogens is 1. The van der Waals surface area contributed by atoms with Gasteiger partial charge in [-0.05, 0) is 56.9 Å². The fourth-order valence-corrected chi connectivity index (χ4v) is 4.02. The third-order valence-electron chi connectivity index (χ3n) is 5.55. The molecule has 1 fully saturated rings. The molecule has 0 N–H and O–H groups in total. The maximum atomic E-state index is 13.3. The summed E-state index contributed by atoms with van der Waals surface area (Å²) in [5, 5.41) is 4.65. The quantitative estimate of drug-likeness (QED) is 0.795. The third kappa shape index (κ3) is 3.83. The van der Waals surface area contributed by atoms with E-state index in [1.54, 1.807) is 33.5 Å². The van der Waals surface area contributed by atoms with E-state index in [0.717, 1.165) is 42.6 Å². The summed E-state index contributed by atoms with van der Waals surface area (Å²) in [6, 6.07) is 6.18. The van der Waals surface area contributed by atoms with Crippen LogP contribution in [0.15, 0.2) is 24.3 Å². The number of carbonyl (C=O) groups excluding carboxylic acids is 2.